The van der Waals surface area contributed by atoms with Crippen molar-refractivity contribution in [3.8, 4) is 17.1 Å². The van der Waals surface area contributed by atoms with Crippen molar-refractivity contribution in [2.45, 2.75) is 6.54 Å². The van der Waals surface area contributed by atoms with Crippen LogP contribution in [0.1, 0.15) is 5.56 Å². The van der Waals surface area contributed by atoms with Crippen LogP contribution >= 0.6 is 0 Å². The fourth-order valence-corrected chi connectivity index (χ4v) is 2.91. The first-order chi connectivity index (χ1) is 14.0. The Morgan fingerprint density at radius 1 is 1.10 bits per heavy atom. The number of hydrogen-bond acceptors (Lipinski definition) is 6. The fraction of sp³-hybridized carbons (Fsp3) is 0.100. The van der Waals surface area contributed by atoms with Gasteiger partial charge in [-0.3, -0.25) is 10.1 Å². The summed E-state index contributed by atoms with van der Waals surface area (Å²) < 4.78 is 20.1. The number of hydrogen-bond donors (Lipinski definition) is 1. The van der Waals surface area contributed by atoms with Crippen LogP contribution in [0.2, 0.25) is 0 Å². The van der Waals surface area contributed by atoms with Crippen molar-refractivity contribution in [1.29, 1.82) is 0 Å². The van der Waals surface area contributed by atoms with E-state index in [2.05, 4.69) is 15.4 Å². The summed E-state index contributed by atoms with van der Waals surface area (Å²) in [5.41, 5.74) is 2.70. The SMILES string of the molecule is COc1c(-c2ccc([N+](=O)[O-])cc2)nc2ccc(NCc3ccc(F)cc3)nn12. The molecule has 1 N–H and O–H groups in total. The molecule has 0 unspecified atom stereocenters. The molecule has 0 aliphatic rings. The Labute approximate surface area is 164 Å². The molecule has 0 fully saturated rings. The third-order valence-electron chi connectivity index (χ3n) is 4.37. The molecule has 0 spiro atoms. The predicted molar refractivity (Wildman–Crippen MR) is 105 cm³/mol. The van der Waals surface area contributed by atoms with Gasteiger partial charge in [0, 0.05) is 24.2 Å². The van der Waals surface area contributed by atoms with Crippen molar-refractivity contribution >= 4 is 17.2 Å². The number of nitrogens with one attached hydrogen (secondary N) is 1. The first-order valence-corrected chi connectivity index (χ1v) is 8.72. The fourth-order valence-electron chi connectivity index (χ4n) is 2.91. The van der Waals surface area contributed by atoms with Crippen molar-refractivity contribution in [3.05, 3.63) is 82.2 Å². The Hall–Kier alpha value is -4.01. The highest BCUT2D eigenvalue weighted by Crippen LogP contribution is 2.31. The molecule has 2 aromatic carbocycles. The monoisotopic (exact) mass is 393 g/mol. The first kappa shape index (κ1) is 18.4. The molecule has 2 aromatic heterocycles. The Morgan fingerprint density at radius 2 is 1.83 bits per heavy atom. The zero-order valence-electron chi connectivity index (χ0n) is 15.4. The minimum absolute atomic E-state index is 0.00175. The lowest BCUT2D eigenvalue weighted by atomic mass is 10.1. The summed E-state index contributed by atoms with van der Waals surface area (Å²) in [4.78, 5) is 14.9. The third kappa shape index (κ3) is 3.70. The number of nitro benzene ring substituents is 1. The Morgan fingerprint density at radius 3 is 2.48 bits per heavy atom. The number of ether oxygens (including phenoxy) is 1. The van der Waals surface area contributed by atoms with Gasteiger partial charge in [0.1, 0.15) is 17.3 Å². The van der Waals surface area contributed by atoms with Gasteiger partial charge in [-0.25, -0.2) is 9.37 Å². The van der Waals surface area contributed by atoms with E-state index in [1.165, 1.54) is 31.4 Å². The summed E-state index contributed by atoms with van der Waals surface area (Å²) in [7, 11) is 1.51. The van der Waals surface area contributed by atoms with Crippen molar-refractivity contribution in [2.75, 3.05) is 12.4 Å². The number of halogens is 1. The topological polar surface area (TPSA) is 94.6 Å². The molecule has 2 heterocycles. The van der Waals surface area contributed by atoms with Crippen LogP contribution in [-0.4, -0.2) is 26.6 Å². The molecule has 29 heavy (non-hydrogen) atoms. The summed E-state index contributed by atoms with van der Waals surface area (Å²) in [6, 6.07) is 15.9. The maximum Gasteiger partial charge on any atom is 0.269 e. The minimum atomic E-state index is -0.453. The highest BCUT2D eigenvalue weighted by molar-refractivity contribution is 5.70. The quantitative estimate of drug-likeness (QED) is 0.392. The number of imidazole rings is 1. The Kier molecular flexibility index (Phi) is 4.78. The number of benzene rings is 2. The maximum absolute atomic E-state index is 13.0. The number of nitrogens with zero attached hydrogens (tertiary/aromatic N) is 4. The highest BCUT2D eigenvalue weighted by atomic mass is 19.1. The average molecular weight is 393 g/mol. The molecule has 0 saturated heterocycles. The van der Waals surface area contributed by atoms with E-state index < -0.39 is 4.92 Å². The third-order valence-corrected chi connectivity index (χ3v) is 4.37. The summed E-state index contributed by atoms with van der Waals surface area (Å²) in [6.45, 7) is 0.477. The number of fused-ring (bicyclic) bond motifs is 1. The van der Waals surface area contributed by atoms with E-state index in [1.54, 1.807) is 40.9 Å². The van der Waals surface area contributed by atoms with Gasteiger partial charge in [0.2, 0.25) is 5.88 Å². The van der Waals surface area contributed by atoms with E-state index in [9.17, 15) is 14.5 Å². The normalized spacial score (nSPS) is 10.8. The van der Waals surface area contributed by atoms with Crippen LogP contribution in [0.25, 0.3) is 16.9 Å². The van der Waals surface area contributed by atoms with Crippen LogP contribution in [0.3, 0.4) is 0 Å². The molecular formula is C20H16FN5O3. The smallest absolute Gasteiger partial charge is 0.269 e. The van der Waals surface area contributed by atoms with Crippen LogP contribution in [0.15, 0.2) is 60.7 Å². The molecule has 0 aliphatic heterocycles. The molecule has 0 radical (unpaired) electrons. The molecule has 4 aromatic rings. The molecule has 9 heteroatoms. The second-order valence-electron chi connectivity index (χ2n) is 6.24. The molecule has 4 rings (SSSR count). The van der Waals surface area contributed by atoms with Crippen LogP contribution in [-0.2, 0) is 6.54 Å². The molecule has 0 bridgehead atoms. The summed E-state index contributed by atoms with van der Waals surface area (Å²) in [5, 5.41) is 18.5. The van der Waals surface area contributed by atoms with E-state index in [0.29, 0.717) is 35.1 Å². The summed E-state index contributed by atoms with van der Waals surface area (Å²) in [6.07, 6.45) is 0. The predicted octanol–water partition coefficient (Wildman–Crippen LogP) is 4.06. The molecule has 146 valence electrons. The minimum Gasteiger partial charge on any atom is -0.479 e. The van der Waals surface area contributed by atoms with Gasteiger partial charge in [0.05, 0.1) is 12.0 Å². The average Bonchev–Trinajstić information content (AvgIpc) is 3.11. The van der Waals surface area contributed by atoms with Gasteiger partial charge in [0.15, 0.2) is 5.65 Å². The zero-order valence-corrected chi connectivity index (χ0v) is 15.4. The van der Waals surface area contributed by atoms with Gasteiger partial charge < -0.3 is 10.1 Å². The lowest BCUT2D eigenvalue weighted by Gasteiger charge is -2.07. The van der Waals surface area contributed by atoms with Gasteiger partial charge >= 0.3 is 0 Å². The second kappa shape index (κ2) is 7.55. The molecule has 0 amide bonds. The van der Waals surface area contributed by atoms with E-state index in [0.717, 1.165) is 5.56 Å². The van der Waals surface area contributed by atoms with E-state index in [4.69, 9.17) is 4.74 Å². The first-order valence-electron chi connectivity index (χ1n) is 8.72. The van der Waals surface area contributed by atoms with E-state index >= 15 is 0 Å². The van der Waals surface area contributed by atoms with Gasteiger partial charge in [-0.2, -0.15) is 4.52 Å². The van der Waals surface area contributed by atoms with Gasteiger partial charge in [0.25, 0.3) is 5.69 Å². The van der Waals surface area contributed by atoms with Crippen molar-refractivity contribution in [1.82, 2.24) is 14.6 Å². The highest BCUT2D eigenvalue weighted by Gasteiger charge is 2.17. The lowest BCUT2D eigenvalue weighted by molar-refractivity contribution is -0.384. The number of methoxy groups -OCH3 is 1. The molecule has 0 atom stereocenters. The molecular weight excluding hydrogens is 377 g/mol. The van der Waals surface area contributed by atoms with Gasteiger partial charge in [-0.1, -0.05) is 12.1 Å². The van der Waals surface area contributed by atoms with E-state index in [-0.39, 0.29) is 11.5 Å². The summed E-state index contributed by atoms with van der Waals surface area (Å²) >= 11 is 0. The number of non-ortho nitro benzene ring substituents is 1. The Balaban J connectivity index is 1.64. The summed E-state index contributed by atoms with van der Waals surface area (Å²) in [5.74, 6) is 0.724. The maximum atomic E-state index is 13.0. The molecule has 8 nitrogen and oxygen atoms in total. The molecule has 0 saturated carbocycles. The standard InChI is InChI=1S/C20H16FN5O3/c1-29-20-19(14-4-8-16(9-5-14)26(27)28)23-18-11-10-17(24-25(18)20)22-12-13-2-6-15(21)7-3-13/h2-11H,12H2,1H3,(H,22,24). The van der Waals surface area contributed by atoms with Crippen molar-refractivity contribution < 1.29 is 14.1 Å². The number of nitro groups is 1. The number of aromatic nitrogens is 3. The Bertz CT molecular complexity index is 1170. The number of rotatable bonds is 6. The number of anilines is 1. The van der Waals surface area contributed by atoms with Crippen molar-refractivity contribution in [3.63, 3.8) is 0 Å². The second-order valence-corrected chi connectivity index (χ2v) is 6.24. The largest absolute Gasteiger partial charge is 0.479 e. The lowest BCUT2D eigenvalue weighted by Crippen LogP contribution is -2.05. The van der Waals surface area contributed by atoms with Gasteiger partial charge in [-0.05, 0) is 42.0 Å². The van der Waals surface area contributed by atoms with Gasteiger partial charge in [-0.15, -0.1) is 5.10 Å². The van der Waals surface area contributed by atoms with E-state index in [1.807, 2.05) is 0 Å². The van der Waals surface area contributed by atoms with Crippen molar-refractivity contribution in [2.24, 2.45) is 0 Å². The van der Waals surface area contributed by atoms with Crippen LogP contribution in [0, 0.1) is 15.9 Å². The molecule has 0 aliphatic carbocycles. The zero-order chi connectivity index (χ0) is 20.4. The van der Waals surface area contributed by atoms with Crippen LogP contribution < -0.4 is 10.1 Å². The van der Waals surface area contributed by atoms with Crippen LogP contribution in [0.5, 0.6) is 5.88 Å². The van der Waals surface area contributed by atoms with Crippen LogP contribution in [0.4, 0.5) is 15.9 Å².